The Bertz CT molecular complexity index is 349. The quantitative estimate of drug-likeness (QED) is 0.710. The maximum absolute atomic E-state index is 5.43. The van der Waals surface area contributed by atoms with Gasteiger partial charge in [-0.05, 0) is 29.8 Å². The Morgan fingerprint density at radius 2 is 1.93 bits per heavy atom. The molecule has 2 heteroatoms. The van der Waals surface area contributed by atoms with Crippen molar-refractivity contribution in [1.29, 1.82) is 0 Å². The molecule has 0 aliphatic carbocycles. The van der Waals surface area contributed by atoms with E-state index in [4.69, 9.17) is 9.47 Å². The highest BCUT2D eigenvalue weighted by Gasteiger charge is 2.08. The van der Waals surface area contributed by atoms with E-state index >= 15 is 0 Å². The summed E-state index contributed by atoms with van der Waals surface area (Å²) in [4.78, 5) is 0. The Balaban J connectivity index is 2.16. The summed E-state index contributed by atoms with van der Waals surface area (Å²) in [7, 11) is 1.66. The van der Waals surface area contributed by atoms with Crippen LogP contribution in [0.4, 0.5) is 0 Å². The lowest BCUT2D eigenvalue weighted by Crippen LogP contribution is -1.98. The first-order chi connectivity index (χ1) is 6.90. The molecule has 0 spiro atoms. The molecular formula is C12H12O2. The molecule has 1 atom stereocenters. The predicted molar refractivity (Wildman–Crippen MR) is 55.1 cm³/mol. The highest BCUT2D eigenvalue weighted by atomic mass is 16.5. The fraction of sp³-hybridized carbons (Fsp3) is 0.167. The number of hydrogen-bond donors (Lipinski definition) is 0. The van der Waals surface area contributed by atoms with Crippen molar-refractivity contribution in [2.45, 2.75) is 6.10 Å². The van der Waals surface area contributed by atoms with E-state index in [1.165, 1.54) is 0 Å². The third-order valence-electron chi connectivity index (χ3n) is 2.15. The van der Waals surface area contributed by atoms with Gasteiger partial charge in [-0.15, -0.1) is 0 Å². The van der Waals surface area contributed by atoms with Crippen LogP contribution in [-0.4, -0.2) is 7.11 Å². The standard InChI is InChI=1S/C12H12O2/c1-13-11-7-5-10(6-8-11)12-4-2-3-9-14-12/h2-9,12H,1H3/t12-/m1/s1. The van der Waals surface area contributed by atoms with Crippen LogP contribution in [0.25, 0.3) is 0 Å². The fourth-order valence-electron chi connectivity index (χ4n) is 1.37. The number of hydrogen-bond acceptors (Lipinski definition) is 2. The second kappa shape index (κ2) is 4.01. The van der Waals surface area contributed by atoms with E-state index < -0.39 is 0 Å². The van der Waals surface area contributed by atoms with E-state index in [1.54, 1.807) is 13.4 Å². The number of ether oxygens (including phenoxy) is 2. The molecule has 0 aromatic heterocycles. The normalized spacial score (nSPS) is 19.1. The van der Waals surface area contributed by atoms with Crippen molar-refractivity contribution in [1.82, 2.24) is 0 Å². The molecule has 0 bridgehead atoms. The monoisotopic (exact) mass is 188 g/mol. The molecule has 0 N–H and O–H groups in total. The highest BCUT2D eigenvalue weighted by molar-refractivity contribution is 5.31. The summed E-state index contributed by atoms with van der Waals surface area (Å²) in [5.41, 5.74) is 1.13. The molecule has 0 saturated carbocycles. The van der Waals surface area contributed by atoms with Crippen molar-refractivity contribution in [2.24, 2.45) is 0 Å². The predicted octanol–water partition coefficient (Wildman–Crippen LogP) is 2.84. The lowest BCUT2D eigenvalue weighted by molar-refractivity contribution is 0.186. The topological polar surface area (TPSA) is 18.5 Å². The lowest BCUT2D eigenvalue weighted by Gasteiger charge is -2.15. The molecule has 1 aliphatic rings. The summed E-state index contributed by atoms with van der Waals surface area (Å²) in [6.07, 6.45) is 7.61. The van der Waals surface area contributed by atoms with Crippen LogP contribution in [0.3, 0.4) is 0 Å². The van der Waals surface area contributed by atoms with Crippen molar-refractivity contribution in [2.75, 3.05) is 7.11 Å². The van der Waals surface area contributed by atoms with Crippen LogP contribution < -0.4 is 4.74 Å². The van der Waals surface area contributed by atoms with Gasteiger partial charge in [0.25, 0.3) is 0 Å². The molecule has 1 aliphatic heterocycles. The molecule has 1 aromatic carbocycles. The maximum atomic E-state index is 5.43. The summed E-state index contributed by atoms with van der Waals surface area (Å²) in [5, 5.41) is 0. The first-order valence-electron chi connectivity index (χ1n) is 4.53. The van der Waals surface area contributed by atoms with E-state index in [1.807, 2.05) is 42.5 Å². The third kappa shape index (κ3) is 1.79. The van der Waals surface area contributed by atoms with Gasteiger partial charge in [-0.2, -0.15) is 0 Å². The number of rotatable bonds is 2. The van der Waals surface area contributed by atoms with Crippen LogP contribution >= 0.6 is 0 Å². The van der Waals surface area contributed by atoms with Gasteiger partial charge in [0.1, 0.15) is 11.9 Å². The molecule has 2 rings (SSSR count). The van der Waals surface area contributed by atoms with Crippen LogP contribution in [0.5, 0.6) is 5.75 Å². The van der Waals surface area contributed by atoms with Crippen LogP contribution in [0.2, 0.25) is 0 Å². The van der Waals surface area contributed by atoms with E-state index in [0.29, 0.717) is 0 Å². The molecule has 0 fully saturated rings. The number of benzene rings is 1. The van der Waals surface area contributed by atoms with E-state index in [9.17, 15) is 0 Å². The summed E-state index contributed by atoms with van der Waals surface area (Å²) in [6, 6.07) is 7.88. The molecule has 0 amide bonds. The smallest absolute Gasteiger partial charge is 0.141 e. The molecule has 0 saturated heterocycles. The minimum atomic E-state index is 0.0332. The van der Waals surface area contributed by atoms with Crippen molar-refractivity contribution in [3.8, 4) is 5.75 Å². The summed E-state index contributed by atoms with van der Waals surface area (Å²) >= 11 is 0. The first kappa shape index (κ1) is 8.88. The van der Waals surface area contributed by atoms with Gasteiger partial charge in [-0.25, -0.2) is 0 Å². The zero-order valence-electron chi connectivity index (χ0n) is 8.01. The van der Waals surface area contributed by atoms with Gasteiger partial charge in [0.15, 0.2) is 0 Å². The SMILES string of the molecule is COc1ccc([C@H]2C=CC=CO2)cc1. The second-order valence-corrected chi connectivity index (χ2v) is 3.04. The molecular weight excluding hydrogens is 176 g/mol. The average molecular weight is 188 g/mol. The van der Waals surface area contributed by atoms with Crippen LogP contribution in [-0.2, 0) is 4.74 Å². The summed E-state index contributed by atoms with van der Waals surface area (Å²) < 4.78 is 10.5. The van der Waals surface area contributed by atoms with Crippen LogP contribution in [0.1, 0.15) is 11.7 Å². The van der Waals surface area contributed by atoms with Gasteiger partial charge >= 0.3 is 0 Å². The Labute approximate surface area is 83.5 Å². The highest BCUT2D eigenvalue weighted by Crippen LogP contribution is 2.23. The average Bonchev–Trinajstić information content (AvgIpc) is 2.30. The molecule has 72 valence electrons. The van der Waals surface area contributed by atoms with E-state index in [-0.39, 0.29) is 6.10 Å². The Morgan fingerprint density at radius 3 is 2.50 bits per heavy atom. The van der Waals surface area contributed by atoms with Crippen LogP contribution in [0.15, 0.2) is 48.8 Å². The molecule has 0 unspecified atom stereocenters. The summed E-state index contributed by atoms with van der Waals surface area (Å²) in [6.45, 7) is 0. The van der Waals surface area contributed by atoms with Crippen LogP contribution in [0, 0.1) is 0 Å². The number of allylic oxidation sites excluding steroid dienone is 2. The fourth-order valence-corrected chi connectivity index (χ4v) is 1.37. The maximum Gasteiger partial charge on any atom is 0.141 e. The van der Waals surface area contributed by atoms with Gasteiger partial charge < -0.3 is 9.47 Å². The van der Waals surface area contributed by atoms with Gasteiger partial charge in [-0.3, -0.25) is 0 Å². The zero-order valence-corrected chi connectivity index (χ0v) is 8.01. The Morgan fingerprint density at radius 1 is 1.14 bits per heavy atom. The third-order valence-corrected chi connectivity index (χ3v) is 2.15. The van der Waals surface area contributed by atoms with Gasteiger partial charge in [0.05, 0.1) is 13.4 Å². The van der Waals surface area contributed by atoms with E-state index in [0.717, 1.165) is 11.3 Å². The van der Waals surface area contributed by atoms with Gasteiger partial charge in [-0.1, -0.05) is 18.2 Å². The minimum Gasteiger partial charge on any atom is -0.497 e. The van der Waals surface area contributed by atoms with Crippen molar-refractivity contribution < 1.29 is 9.47 Å². The molecule has 2 nitrogen and oxygen atoms in total. The lowest BCUT2D eigenvalue weighted by atomic mass is 10.1. The van der Waals surface area contributed by atoms with Crippen molar-refractivity contribution >= 4 is 0 Å². The van der Waals surface area contributed by atoms with Crippen molar-refractivity contribution in [3.05, 3.63) is 54.3 Å². The summed E-state index contributed by atoms with van der Waals surface area (Å²) in [5.74, 6) is 0.865. The van der Waals surface area contributed by atoms with Gasteiger partial charge in [0, 0.05) is 0 Å². The Kier molecular flexibility index (Phi) is 2.54. The zero-order chi connectivity index (χ0) is 9.80. The molecule has 1 aromatic rings. The number of methoxy groups -OCH3 is 1. The molecule has 0 radical (unpaired) electrons. The molecule has 1 heterocycles. The second-order valence-electron chi connectivity index (χ2n) is 3.04. The van der Waals surface area contributed by atoms with E-state index in [2.05, 4.69) is 0 Å². The van der Waals surface area contributed by atoms with Crippen molar-refractivity contribution in [3.63, 3.8) is 0 Å². The largest absolute Gasteiger partial charge is 0.497 e. The Hall–Kier alpha value is -1.70. The van der Waals surface area contributed by atoms with Gasteiger partial charge in [0.2, 0.25) is 0 Å². The minimum absolute atomic E-state index is 0.0332. The first-order valence-corrected chi connectivity index (χ1v) is 4.53. The molecule has 14 heavy (non-hydrogen) atoms.